The third-order valence-electron chi connectivity index (χ3n) is 3.10. The molecule has 3 heteroatoms. The van der Waals surface area contributed by atoms with Gasteiger partial charge in [0.15, 0.2) is 0 Å². The Morgan fingerprint density at radius 2 is 2.06 bits per heavy atom. The van der Waals surface area contributed by atoms with Gasteiger partial charge in [0.2, 0.25) is 0 Å². The summed E-state index contributed by atoms with van der Waals surface area (Å²) in [4.78, 5) is 11.8. The smallest absolute Gasteiger partial charge is 0.334 e. The summed E-state index contributed by atoms with van der Waals surface area (Å²) in [6, 6.07) is 9.46. The summed E-state index contributed by atoms with van der Waals surface area (Å²) < 4.78 is 5.07. The van der Waals surface area contributed by atoms with Crippen LogP contribution in [-0.2, 0) is 9.53 Å². The second-order valence-electron chi connectivity index (χ2n) is 4.22. The van der Waals surface area contributed by atoms with Crippen LogP contribution in [0.2, 0.25) is 0 Å². The van der Waals surface area contributed by atoms with E-state index < -0.39 is 0 Å². The second kappa shape index (κ2) is 5.50. The molecule has 1 aromatic rings. The van der Waals surface area contributed by atoms with Gasteiger partial charge in [-0.1, -0.05) is 12.1 Å². The van der Waals surface area contributed by atoms with Gasteiger partial charge in [0, 0.05) is 5.57 Å². The Labute approximate surface area is 107 Å². The van der Waals surface area contributed by atoms with E-state index in [0.717, 1.165) is 36.0 Å². The minimum atomic E-state index is -0.200. The summed E-state index contributed by atoms with van der Waals surface area (Å²) in [6.07, 6.45) is 2.68. The Morgan fingerprint density at radius 3 is 2.67 bits per heavy atom. The molecule has 0 radical (unpaired) electrons. The molecule has 92 valence electrons. The third-order valence-corrected chi connectivity index (χ3v) is 3.10. The largest absolute Gasteiger partial charge is 0.463 e. The molecule has 0 unspecified atom stereocenters. The van der Waals surface area contributed by atoms with E-state index in [1.165, 1.54) is 0 Å². The highest BCUT2D eigenvalue weighted by molar-refractivity contribution is 5.98. The first-order chi connectivity index (χ1) is 8.76. The molecule has 0 atom stereocenters. The van der Waals surface area contributed by atoms with E-state index >= 15 is 0 Å². The molecule has 3 nitrogen and oxygen atoms in total. The summed E-state index contributed by atoms with van der Waals surface area (Å²) >= 11 is 0. The van der Waals surface area contributed by atoms with E-state index in [1.807, 2.05) is 19.1 Å². The van der Waals surface area contributed by atoms with Gasteiger partial charge in [-0.15, -0.1) is 0 Å². The topological polar surface area (TPSA) is 50.1 Å². The molecule has 18 heavy (non-hydrogen) atoms. The van der Waals surface area contributed by atoms with Crippen molar-refractivity contribution in [2.45, 2.75) is 26.2 Å². The number of benzene rings is 1. The van der Waals surface area contributed by atoms with Crippen LogP contribution in [0.3, 0.4) is 0 Å². The third kappa shape index (κ3) is 2.43. The Hall–Kier alpha value is -2.08. The molecule has 0 saturated carbocycles. The van der Waals surface area contributed by atoms with Gasteiger partial charge in [0.05, 0.1) is 18.2 Å². The molecule has 0 fully saturated rings. The molecule has 0 amide bonds. The van der Waals surface area contributed by atoms with Crippen molar-refractivity contribution in [1.29, 1.82) is 5.26 Å². The molecule has 2 rings (SSSR count). The van der Waals surface area contributed by atoms with Crippen molar-refractivity contribution in [1.82, 2.24) is 0 Å². The fourth-order valence-corrected chi connectivity index (χ4v) is 2.25. The van der Waals surface area contributed by atoms with Crippen molar-refractivity contribution in [3.05, 3.63) is 41.0 Å². The number of nitrogens with zero attached hydrogens (tertiary/aromatic N) is 1. The van der Waals surface area contributed by atoms with E-state index in [0.29, 0.717) is 12.2 Å². The van der Waals surface area contributed by atoms with Crippen molar-refractivity contribution >= 4 is 11.5 Å². The zero-order valence-corrected chi connectivity index (χ0v) is 10.4. The maximum Gasteiger partial charge on any atom is 0.334 e. The summed E-state index contributed by atoms with van der Waals surface area (Å²) in [5, 5.41) is 8.77. The van der Waals surface area contributed by atoms with Gasteiger partial charge in [-0.25, -0.2) is 4.79 Å². The van der Waals surface area contributed by atoms with E-state index in [-0.39, 0.29) is 5.97 Å². The number of carbonyl (C=O) groups excluding carboxylic acids is 1. The zero-order chi connectivity index (χ0) is 13.0. The molecular formula is C15H15NO2. The molecule has 0 spiro atoms. The number of hydrogen-bond acceptors (Lipinski definition) is 3. The van der Waals surface area contributed by atoms with E-state index in [2.05, 4.69) is 6.07 Å². The number of allylic oxidation sites excluding steroid dienone is 1. The lowest BCUT2D eigenvalue weighted by atomic mass is 10.0. The lowest BCUT2D eigenvalue weighted by molar-refractivity contribution is -0.138. The van der Waals surface area contributed by atoms with E-state index in [4.69, 9.17) is 10.00 Å². The molecule has 1 aliphatic carbocycles. The maximum absolute atomic E-state index is 11.8. The monoisotopic (exact) mass is 241 g/mol. The second-order valence-corrected chi connectivity index (χ2v) is 4.22. The quantitative estimate of drug-likeness (QED) is 0.764. The SMILES string of the molecule is CCOC(=O)C1=C(c2ccc(C#N)cc2)CCC1. The minimum Gasteiger partial charge on any atom is -0.463 e. The van der Waals surface area contributed by atoms with Crippen LogP contribution in [0, 0.1) is 11.3 Å². The van der Waals surface area contributed by atoms with Gasteiger partial charge in [0.1, 0.15) is 0 Å². The molecule has 0 aromatic heterocycles. The van der Waals surface area contributed by atoms with Crippen molar-refractivity contribution in [2.75, 3.05) is 6.61 Å². The summed E-state index contributed by atoms with van der Waals surface area (Å²) in [6.45, 7) is 2.22. The van der Waals surface area contributed by atoms with Crippen LogP contribution < -0.4 is 0 Å². The average molecular weight is 241 g/mol. The standard InChI is InChI=1S/C15H15NO2/c1-2-18-15(17)14-5-3-4-13(14)12-8-6-11(10-16)7-9-12/h6-9H,2-5H2,1H3. The van der Waals surface area contributed by atoms with Gasteiger partial charge in [-0.3, -0.25) is 0 Å². The number of rotatable bonds is 3. The molecule has 0 saturated heterocycles. The highest BCUT2D eigenvalue weighted by Crippen LogP contribution is 2.34. The van der Waals surface area contributed by atoms with Crippen LogP contribution in [-0.4, -0.2) is 12.6 Å². The van der Waals surface area contributed by atoms with E-state index in [9.17, 15) is 4.79 Å². The maximum atomic E-state index is 11.8. The number of esters is 1. The first-order valence-electron chi connectivity index (χ1n) is 6.16. The average Bonchev–Trinajstić information content (AvgIpc) is 2.88. The number of hydrogen-bond donors (Lipinski definition) is 0. The van der Waals surface area contributed by atoms with Crippen LogP contribution in [0.25, 0.3) is 5.57 Å². The first-order valence-corrected chi connectivity index (χ1v) is 6.16. The molecule has 0 aliphatic heterocycles. The Balaban J connectivity index is 2.32. The Bertz CT molecular complexity index is 520. The predicted octanol–water partition coefficient (Wildman–Crippen LogP) is 3.06. The van der Waals surface area contributed by atoms with Crippen molar-refractivity contribution in [3.63, 3.8) is 0 Å². The number of carbonyl (C=O) groups is 1. The summed E-state index contributed by atoms with van der Waals surface area (Å²) in [7, 11) is 0. The molecule has 0 N–H and O–H groups in total. The van der Waals surface area contributed by atoms with Crippen LogP contribution in [0.15, 0.2) is 29.8 Å². The predicted molar refractivity (Wildman–Crippen MR) is 68.6 cm³/mol. The van der Waals surface area contributed by atoms with Crippen molar-refractivity contribution in [3.8, 4) is 6.07 Å². The first kappa shape index (κ1) is 12.4. The lowest BCUT2D eigenvalue weighted by Crippen LogP contribution is -2.07. The van der Waals surface area contributed by atoms with Crippen LogP contribution >= 0.6 is 0 Å². The van der Waals surface area contributed by atoms with Gasteiger partial charge < -0.3 is 4.74 Å². The van der Waals surface area contributed by atoms with Crippen LogP contribution in [0.1, 0.15) is 37.3 Å². The van der Waals surface area contributed by atoms with Crippen molar-refractivity contribution in [2.24, 2.45) is 0 Å². The molecule has 0 heterocycles. The van der Waals surface area contributed by atoms with Gasteiger partial charge in [0.25, 0.3) is 0 Å². The van der Waals surface area contributed by atoms with Crippen LogP contribution in [0.5, 0.6) is 0 Å². The highest BCUT2D eigenvalue weighted by atomic mass is 16.5. The molecule has 1 aromatic carbocycles. The fourth-order valence-electron chi connectivity index (χ4n) is 2.25. The summed E-state index contributed by atoms with van der Waals surface area (Å²) in [5.74, 6) is -0.200. The zero-order valence-electron chi connectivity index (χ0n) is 10.4. The van der Waals surface area contributed by atoms with Gasteiger partial charge in [-0.2, -0.15) is 5.26 Å². The van der Waals surface area contributed by atoms with Crippen LogP contribution in [0.4, 0.5) is 0 Å². The normalized spacial score (nSPS) is 14.4. The Morgan fingerprint density at radius 1 is 1.33 bits per heavy atom. The highest BCUT2D eigenvalue weighted by Gasteiger charge is 2.22. The Kier molecular flexibility index (Phi) is 3.78. The number of ether oxygens (including phenoxy) is 1. The van der Waals surface area contributed by atoms with Gasteiger partial charge >= 0.3 is 5.97 Å². The summed E-state index contributed by atoms with van der Waals surface area (Å²) in [5.41, 5.74) is 3.52. The number of nitriles is 1. The fraction of sp³-hybridized carbons (Fsp3) is 0.333. The van der Waals surface area contributed by atoms with Crippen molar-refractivity contribution < 1.29 is 9.53 Å². The molecule has 1 aliphatic rings. The molecular weight excluding hydrogens is 226 g/mol. The molecule has 0 bridgehead atoms. The van der Waals surface area contributed by atoms with Gasteiger partial charge in [-0.05, 0) is 49.5 Å². The lowest BCUT2D eigenvalue weighted by Gasteiger charge is -2.07. The minimum absolute atomic E-state index is 0.200. The van der Waals surface area contributed by atoms with E-state index in [1.54, 1.807) is 12.1 Å².